The molecule has 20 heavy (non-hydrogen) atoms. The molecule has 114 valence electrons. The average molecular weight is 280 g/mol. The van der Waals surface area contributed by atoms with Gasteiger partial charge in [0.05, 0.1) is 6.54 Å². The van der Waals surface area contributed by atoms with Crippen LogP contribution in [0, 0.1) is 12.8 Å². The summed E-state index contributed by atoms with van der Waals surface area (Å²) in [5, 5.41) is 9.29. The fourth-order valence-electron chi connectivity index (χ4n) is 3.02. The van der Waals surface area contributed by atoms with Crippen molar-refractivity contribution in [1.29, 1.82) is 0 Å². The number of hydrogen-bond acceptors (Lipinski definition) is 4. The molecule has 1 fully saturated rings. The quantitative estimate of drug-likeness (QED) is 0.866. The normalized spacial score (nSPS) is 21.8. The van der Waals surface area contributed by atoms with Crippen molar-refractivity contribution in [3.05, 3.63) is 23.7 Å². The van der Waals surface area contributed by atoms with Gasteiger partial charge in [0.2, 0.25) is 0 Å². The molecule has 0 aliphatic carbocycles. The summed E-state index contributed by atoms with van der Waals surface area (Å²) in [5.41, 5.74) is 0. The molecule has 0 aromatic carbocycles. The van der Waals surface area contributed by atoms with Crippen LogP contribution in [0.25, 0.3) is 0 Å². The van der Waals surface area contributed by atoms with Crippen LogP contribution in [-0.2, 0) is 6.54 Å². The molecule has 2 rings (SSSR count). The molecule has 1 atom stereocenters. The van der Waals surface area contributed by atoms with E-state index in [1.165, 1.54) is 0 Å². The van der Waals surface area contributed by atoms with Gasteiger partial charge in [0, 0.05) is 38.8 Å². The summed E-state index contributed by atoms with van der Waals surface area (Å²) in [6.45, 7) is 12.0. The molecule has 0 unspecified atom stereocenters. The van der Waals surface area contributed by atoms with Gasteiger partial charge in [-0.15, -0.1) is 0 Å². The van der Waals surface area contributed by atoms with Crippen molar-refractivity contribution in [3.63, 3.8) is 0 Å². The molecule has 2 heterocycles. The summed E-state index contributed by atoms with van der Waals surface area (Å²) in [5.74, 6) is 2.70. The predicted molar refractivity (Wildman–Crippen MR) is 80.6 cm³/mol. The molecule has 1 aromatic rings. The molecule has 1 aliphatic rings. The lowest BCUT2D eigenvalue weighted by atomic mass is 10.1. The summed E-state index contributed by atoms with van der Waals surface area (Å²) >= 11 is 0. The molecule has 4 heteroatoms. The number of piperazine rings is 1. The SMILES string of the molecule is Cc1ccc(CN2CCN(CC(C)C)[C@@H](CCO)C2)o1. The van der Waals surface area contributed by atoms with Crippen molar-refractivity contribution in [2.75, 3.05) is 32.8 Å². The lowest BCUT2D eigenvalue weighted by Crippen LogP contribution is -2.53. The Bertz CT molecular complexity index is 403. The number of furan rings is 1. The minimum absolute atomic E-state index is 0.271. The maximum Gasteiger partial charge on any atom is 0.118 e. The first-order valence-corrected chi connectivity index (χ1v) is 7.71. The molecule has 0 spiro atoms. The van der Waals surface area contributed by atoms with Gasteiger partial charge in [-0.1, -0.05) is 13.8 Å². The van der Waals surface area contributed by atoms with Crippen LogP contribution in [0.1, 0.15) is 31.8 Å². The fourth-order valence-corrected chi connectivity index (χ4v) is 3.02. The number of aliphatic hydroxyl groups is 1. The average Bonchev–Trinajstić information content (AvgIpc) is 2.78. The van der Waals surface area contributed by atoms with E-state index in [2.05, 4.69) is 29.7 Å². The lowest BCUT2D eigenvalue weighted by Gasteiger charge is -2.42. The molecule has 0 bridgehead atoms. The standard InChI is InChI=1S/C16H28N2O2/c1-13(2)10-18-8-7-17(11-15(18)6-9-19)12-16-5-4-14(3)20-16/h4-5,13,15,19H,6-12H2,1-3H3/t15-/m0/s1. The third-order valence-corrected chi connectivity index (χ3v) is 3.93. The Labute approximate surface area is 122 Å². The molecular weight excluding hydrogens is 252 g/mol. The summed E-state index contributed by atoms with van der Waals surface area (Å²) in [7, 11) is 0. The summed E-state index contributed by atoms with van der Waals surface area (Å²) in [4.78, 5) is 4.97. The first-order chi connectivity index (χ1) is 9.58. The van der Waals surface area contributed by atoms with E-state index in [4.69, 9.17) is 4.42 Å². The minimum atomic E-state index is 0.271. The van der Waals surface area contributed by atoms with Crippen molar-refractivity contribution in [2.45, 2.75) is 39.8 Å². The van der Waals surface area contributed by atoms with Crippen LogP contribution in [0.3, 0.4) is 0 Å². The highest BCUT2D eigenvalue weighted by Crippen LogP contribution is 2.18. The van der Waals surface area contributed by atoms with Gasteiger partial charge >= 0.3 is 0 Å². The molecule has 1 aromatic heterocycles. The second kappa shape index (κ2) is 7.25. The maximum absolute atomic E-state index is 9.29. The maximum atomic E-state index is 9.29. The van der Waals surface area contributed by atoms with E-state index in [-0.39, 0.29) is 6.61 Å². The van der Waals surface area contributed by atoms with Gasteiger partial charge in [0.25, 0.3) is 0 Å². The Hall–Kier alpha value is -0.840. The molecule has 1 saturated heterocycles. The second-order valence-corrected chi connectivity index (χ2v) is 6.30. The van der Waals surface area contributed by atoms with Crippen LogP contribution in [0.15, 0.2) is 16.5 Å². The van der Waals surface area contributed by atoms with E-state index in [1.54, 1.807) is 0 Å². The van der Waals surface area contributed by atoms with Crippen LogP contribution < -0.4 is 0 Å². The Morgan fingerprint density at radius 3 is 2.75 bits per heavy atom. The molecule has 0 radical (unpaired) electrons. The summed E-state index contributed by atoms with van der Waals surface area (Å²) in [6, 6.07) is 4.55. The van der Waals surface area contributed by atoms with Crippen molar-refractivity contribution in [3.8, 4) is 0 Å². The summed E-state index contributed by atoms with van der Waals surface area (Å²) in [6.07, 6.45) is 0.862. The Morgan fingerprint density at radius 1 is 1.35 bits per heavy atom. The van der Waals surface area contributed by atoms with Crippen molar-refractivity contribution in [1.82, 2.24) is 9.80 Å². The molecule has 0 saturated carbocycles. The van der Waals surface area contributed by atoms with E-state index in [9.17, 15) is 5.11 Å². The number of hydrogen-bond donors (Lipinski definition) is 1. The molecule has 4 nitrogen and oxygen atoms in total. The van der Waals surface area contributed by atoms with Gasteiger partial charge in [-0.3, -0.25) is 9.80 Å². The monoisotopic (exact) mass is 280 g/mol. The number of nitrogens with zero attached hydrogens (tertiary/aromatic N) is 2. The first kappa shape index (κ1) is 15.5. The highest BCUT2D eigenvalue weighted by molar-refractivity contribution is 5.05. The van der Waals surface area contributed by atoms with E-state index in [0.29, 0.717) is 12.0 Å². The van der Waals surface area contributed by atoms with Crippen LogP contribution in [0.2, 0.25) is 0 Å². The van der Waals surface area contributed by atoms with E-state index in [0.717, 1.165) is 50.7 Å². The van der Waals surface area contributed by atoms with E-state index >= 15 is 0 Å². The Morgan fingerprint density at radius 2 is 2.15 bits per heavy atom. The van der Waals surface area contributed by atoms with Crippen molar-refractivity contribution in [2.24, 2.45) is 5.92 Å². The van der Waals surface area contributed by atoms with Crippen molar-refractivity contribution < 1.29 is 9.52 Å². The highest BCUT2D eigenvalue weighted by atomic mass is 16.3. The third-order valence-electron chi connectivity index (χ3n) is 3.93. The number of aliphatic hydroxyl groups excluding tert-OH is 1. The lowest BCUT2D eigenvalue weighted by molar-refractivity contribution is 0.0446. The predicted octanol–water partition coefficient (Wildman–Crippen LogP) is 2.11. The molecule has 0 amide bonds. The zero-order valence-electron chi connectivity index (χ0n) is 13.0. The van der Waals surface area contributed by atoms with Gasteiger partial charge in [-0.2, -0.15) is 0 Å². The summed E-state index contributed by atoms with van der Waals surface area (Å²) < 4.78 is 5.67. The topological polar surface area (TPSA) is 39.9 Å². The number of rotatable bonds is 6. The fraction of sp³-hybridized carbons (Fsp3) is 0.750. The zero-order chi connectivity index (χ0) is 14.5. The van der Waals surface area contributed by atoms with Crippen LogP contribution in [-0.4, -0.2) is 53.7 Å². The smallest absolute Gasteiger partial charge is 0.118 e. The first-order valence-electron chi connectivity index (χ1n) is 7.71. The minimum Gasteiger partial charge on any atom is -0.465 e. The van der Waals surface area contributed by atoms with Gasteiger partial charge in [0.1, 0.15) is 11.5 Å². The van der Waals surface area contributed by atoms with Crippen LogP contribution in [0.5, 0.6) is 0 Å². The second-order valence-electron chi connectivity index (χ2n) is 6.30. The largest absolute Gasteiger partial charge is 0.465 e. The van der Waals surface area contributed by atoms with Gasteiger partial charge in [-0.05, 0) is 31.4 Å². The van der Waals surface area contributed by atoms with Gasteiger partial charge < -0.3 is 9.52 Å². The van der Waals surface area contributed by atoms with Gasteiger partial charge in [-0.25, -0.2) is 0 Å². The van der Waals surface area contributed by atoms with E-state index < -0.39 is 0 Å². The van der Waals surface area contributed by atoms with E-state index in [1.807, 2.05) is 13.0 Å². The number of aryl methyl sites for hydroxylation is 1. The molecular formula is C16H28N2O2. The Balaban J connectivity index is 1.91. The van der Waals surface area contributed by atoms with Crippen molar-refractivity contribution >= 4 is 0 Å². The van der Waals surface area contributed by atoms with Crippen LogP contribution in [0.4, 0.5) is 0 Å². The molecule has 1 aliphatic heterocycles. The highest BCUT2D eigenvalue weighted by Gasteiger charge is 2.27. The Kier molecular flexibility index (Phi) is 5.64. The zero-order valence-corrected chi connectivity index (χ0v) is 13.0. The molecule has 1 N–H and O–H groups in total. The van der Waals surface area contributed by atoms with Crippen LogP contribution >= 0.6 is 0 Å². The third kappa shape index (κ3) is 4.33. The van der Waals surface area contributed by atoms with Gasteiger partial charge in [0.15, 0.2) is 0 Å².